The van der Waals surface area contributed by atoms with Crippen molar-refractivity contribution in [2.24, 2.45) is 0 Å². The van der Waals surface area contributed by atoms with E-state index in [9.17, 15) is 9.59 Å². The van der Waals surface area contributed by atoms with Crippen molar-refractivity contribution in [2.75, 3.05) is 17.2 Å². The minimum Gasteiger partial charge on any atom is -0.338 e. The van der Waals surface area contributed by atoms with Gasteiger partial charge >= 0.3 is 6.03 Å². The molecule has 2 heterocycles. The van der Waals surface area contributed by atoms with Crippen LogP contribution in [0.3, 0.4) is 0 Å². The highest BCUT2D eigenvalue weighted by Crippen LogP contribution is 2.28. The molecule has 0 saturated carbocycles. The molecule has 8 heteroatoms. The fraction of sp³-hybridized carbons (Fsp3) is 0.300. The number of urea groups is 1. The maximum absolute atomic E-state index is 12.9. The van der Waals surface area contributed by atoms with Crippen LogP contribution < -0.4 is 16.0 Å². The Balaban J connectivity index is 1.76. The molecule has 0 radical (unpaired) electrons. The SMILES string of the molecule is CCCCNC(=O)Nc1nc(C)c(C(=O)Nc2c(C)ccc3ncccc23)s1. The maximum Gasteiger partial charge on any atom is 0.321 e. The molecule has 3 aromatic rings. The number of aromatic nitrogens is 2. The zero-order valence-electron chi connectivity index (χ0n) is 16.1. The fourth-order valence-corrected chi connectivity index (χ4v) is 3.63. The van der Waals surface area contributed by atoms with Crippen molar-refractivity contribution >= 4 is 45.0 Å². The van der Waals surface area contributed by atoms with Gasteiger partial charge < -0.3 is 10.6 Å². The number of unbranched alkanes of at least 4 members (excludes halogenated alkanes) is 1. The van der Waals surface area contributed by atoms with Crippen LogP contribution in [0.15, 0.2) is 30.5 Å². The first-order chi connectivity index (χ1) is 13.5. The van der Waals surface area contributed by atoms with Crippen molar-refractivity contribution in [2.45, 2.75) is 33.6 Å². The van der Waals surface area contributed by atoms with Crippen LogP contribution in [0, 0.1) is 13.8 Å². The summed E-state index contributed by atoms with van der Waals surface area (Å²) < 4.78 is 0. The van der Waals surface area contributed by atoms with E-state index in [0.29, 0.717) is 22.2 Å². The first-order valence-corrected chi connectivity index (χ1v) is 9.99. The predicted octanol–water partition coefficient (Wildman–Crippen LogP) is 4.48. The van der Waals surface area contributed by atoms with Crippen LogP contribution in [0.2, 0.25) is 0 Å². The van der Waals surface area contributed by atoms with E-state index in [4.69, 9.17) is 0 Å². The average Bonchev–Trinajstić information content (AvgIpc) is 3.04. The molecule has 2 aromatic heterocycles. The summed E-state index contributed by atoms with van der Waals surface area (Å²) in [6, 6.07) is 7.31. The van der Waals surface area contributed by atoms with E-state index in [1.54, 1.807) is 13.1 Å². The average molecular weight is 398 g/mol. The van der Waals surface area contributed by atoms with E-state index < -0.39 is 0 Å². The number of carbonyl (C=O) groups excluding carboxylic acids is 2. The minimum absolute atomic E-state index is 0.256. The summed E-state index contributed by atoms with van der Waals surface area (Å²) >= 11 is 1.15. The molecule has 146 valence electrons. The molecule has 0 saturated heterocycles. The highest BCUT2D eigenvalue weighted by Gasteiger charge is 2.18. The number of nitrogens with one attached hydrogen (secondary N) is 3. The molecule has 3 rings (SSSR count). The molecular weight excluding hydrogens is 374 g/mol. The predicted molar refractivity (Wildman–Crippen MR) is 113 cm³/mol. The highest BCUT2D eigenvalue weighted by atomic mass is 32.1. The van der Waals surface area contributed by atoms with E-state index in [1.807, 2.05) is 31.2 Å². The molecule has 0 atom stereocenters. The van der Waals surface area contributed by atoms with Gasteiger partial charge in [-0.1, -0.05) is 30.7 Å². The number of nitrogens with zero attached hydrogens (tertiary/aromatic N) is 2. The van der Waals surface area contributed by atoms with Gasteiger partial charge in [-0.15, -0.1) is 0 Å². The third-order valence-corrected chi connectivity index (χ3v) is 5.34. The van der Waals surface area contributed by atoms with E-state index >= 15 is 0 Å². The van der Waals surface area contributed by atoms with Gasteiger partial charge in [-0.25, -0.2) is 9.78 Å². The van der Waals surface area contributed by atoms with Crippen molar-refractivity contribution in [3.63, 3.8) is 0 Å². The maximum atomic E-state index is 12.9. The Hall–Kier alpha value is -3.00. The molecular formula is C20H23N5O2S. The molecule has 0 fully saturated rings. The zero-order chi connectivity index (χ0) is 20.1. The fourth-order valence-electron chi connectivity index (χ4n) is 2.78. The quantitative estimate of drug-likeness (QED) is 0.534. The highest BCUT2D eigenvalue weighted by molar-refractivity contribution is 7.17. The lowest BCUT2D eigenvalue weighted by Gasteiger charge is -2.11. The van der Waals surface area contributed by atoms with Gasteiger partial charge in [-0.05, 0) is 44.0 Å². The van der Waals surface area contributed by atoms with Crippen LogP contribution in [0.25, 0.3) is 10.9 Å². The first kappa shape index (κ1) is 19.8. The summed E-state index contributed by atoms with van der Waals surface area (Å²) in [5, 5.41) is 9.72. The number of anilines is 2. The molecule has 0 aliphatic rings. The third kappa shape index (κ3) is 4.45. The largest absolute Gasteiger partial charge is 0.338 e. The van der Waals surface area contributed by atoms with Crippen LogP contribution in [0.4, 0.5) is 15.6 Å². The molecule has 0 aliphatic heterocycles. The lowest BCUT2D eigenvalue weighted by molar-refractivity contribution is 0.103. The number of rotatable bonds is 6. The number of hydrogen-bond acceptors (Lipinski definition) is 5. The Labute approximate surface area is 167 Å². The number of carbonyl (C=O) groups is 2. The van der Waals surface area contributed by atoms with Crippen molar-refractivity contribution in [3.8, 4) is 0 Å². The minimum atomic E-state index is -0.315. The van der Waals surface area contributed by atoms with Gasteiger partial charge in [0.15, 0.2) is 5.13 Å². The molecule has 0 bridgehead atoms. The van der Waals surface area contributed by atoms with Gasteiger partial charge in [0.25, 0.3) is 5.91 Å². The third-order valence-electron chi connectivity index (χ3n) is 4.27. The van der Waals surface area contributed by atoms with Gasteiger partial charge in [0.1, 0.15) is 4.88 Å². The topological polar surface area (TPSA) is 96.0 Å². The van der Waals surface area contributed by atoms with Crippen molar-refractivity contribution in [3.05, 3.63) is 46.6 Å². The molecule has 1 aromatic carbocycles. The molecule has 3 amide bonds. The van der Waals surface area contributed by atoms with Crippen LogP contribution in [0.5, 0.6) is 0 Å². The van der Waals surface area contributed by atoms with Gasteiger partial charge in [0.2, 0.25) is 0 Å². The first-order valence-electron chi connectivity index (χ1n) is 9.17. The van der Waals surface area contributed by atoms with E-state index in [0.717, 1.165) is 46.3 Å². The molecule has 3 N–H and O–H groups in total. The molecule has 7 nitrogen and oxygen atoms in total. The molecule has 28 heavy (non-hydrogen) atoms. The Morgan fingerprint density at radius 2 is 1.96 bits per heavy atom. The van der Waals surface area contributed by atoms with Gasteiger partial charge in [0.05, 0.1) is 16.9 Å². The summed E-state index contributed by atoms with van der Waals surface area (Å²) in [5.41, 5.74) is 3.07. The van der Waals surface area contributed by atoms with Gasteiger partial charge in [-0.3, -0.25) is 15.1 Å². The zero-order valence-corrected chi connectivity index (χ0v) is 16.9. The monoisotopic (exact) mass is 397 g/mol. The number of aryl methyl sites for hydroxylation is 2. The number of pyridine rings is 1. The number of fused-ring (bicyclic) bond motifs is 1. The number of amides is 3. The summed E-state index contributed by atoms with van der Waals surface area (Å²) in [5.74, 6) is -0.256. The van der Waals surface area contributed by atoms with Gasteiger partial charge in [0, 0.05) is 18.1 Å². The Bertz CT molecular complexity index is 1010. The lowest BCUT2D eigenvalue weighted by Crippen LogP contribution is -2.29. The van der Waals surface area contributed by atoms with Crippen LogP contribution in [-0.4, -0.2) is 28.5 Å². The Kier molecular flexibility index (Phi) is 6.20. The smallest absolute Gasteiger partial charge is 0.321 e. The Morgan fingerprint density at radius 3 is 2.75 bits per heavy atom. The summed E-state index contributed by atoms with van der Waals surface area (Å²) in [6.45, 7) is 6.36. The molecule has 0 unspecified atom stereocenters. The number of hydrogen-bond donors (Lipinski definition) is 3. The summed E-state index contributed by atoms with van der Waals surface area (Å²) in [7, 11) is 0. The van der Waals surface area contributed by atoms with E-state index in [1.165, 1.54) is 0 Å². The van der Waals surface area contributed by atoms with Crippen molar-refractivity contribution in [1.82, 2.24) is 15.3 Å². The van der Waals surface area contributed by atoms with E-state index in [2.05, 4.69) is 32.8 Å². The Morgan fingerprint density at radius 1 is 1.14 bits per heavy atom. The standard InChI is InChI=1S/C20H23N5O2S/c1-4-5-10-22-19(27)25-20-23-13(3)17(28-20)18(26)24-16-12(2)8-9-15-14(16)7-6-11-21-15/h6-9,11H,4-5,10H2,1-3H3,(H,24,26)(H2,22,23,25,27). The number of thiazole rings is 1. The van der Waals surface area contributed by atoms with Crippen molar-refractivity contribution < 1.29 is 9.59 Å². The lowest BCUT2D eigenvalue weighted by atomic mass is 10.1. The summed E-state index contributed by atoms with van der Waals surface area (Å²) in [6.07, 6.45) is 3.64. The molecule has 0 spiro atoms. The van der Waals surface area contributed by atoms with Crippen molar-refractivity contribution in [1.29, 1.82) is 0 Å². The van der Waals surface area contributed by atoms with Crippen LogP contribution >= 0.6 is 11.3 Å². The second-order valence-corrected chi connectivity index (χ2v) is 7.45. The normalized spacial score (nSPS) is 10.7. The summed E-state index contributed by atoms with van der Waals surface area (Å²) in [4.78, 5) is 33.8. The van der Waals surface area contributed by atoms with Gasteiger partial charge in [-0.2, -0.15) is 0 Å². The van der Waals surface area contributed by atoms with Crippen LogP contribution in [0.1, 0.15) is 40.7 Å². The van der Waals surface area contributed by atoms with Crippen LogP contribution in [-0.2, 0) is 0 Å². The second kappa shape index (κ2) is 8.79. The second-order valence-electron chi connectivity index (χ2n) is 6.45. The van der Waals surface area contributed by atoms with E-state index in [-0.39, 0.29) is 11.9 Å². The molecule has 0 aliphatic carbocycles. The number of benzene rings is 1.